The van der Waals surface area contributed by atoms with Gasteiger partial charge in [-0.2, -0.15) is 0 Å². The van der Waals surface area contributed by atoms with Crippen LogP contribution in [-0.4, -0.2) is 34.0 Å². The van der Waals surface area contributed by atoms with Crippen LogP contribution in [0.5, 0.6) is 5.75 Å². The van der Waals surface area contributed by atoms with E-state index in [9.17, 15) is 4.79 Å². The van der Waals surface area contributed by atoms with Crippen LogP contribution in [0.15, 0.2) is 58.2 Å². The molecule has 2 heterocycles. The summed E-state index contributed by atoms with van der Waals surface area (Å²) in [6.07, 6.45) is 0. The minimum absolute atomic E-state index is 0.00700. The van der Waals surface area contributed by atoms with E-state index in [0.717, 1.165) is 22.7 Å². The summed E-state index contributed by atoms with van der Waals surface area (Å²) in [7, 11) is 1.58. The minimum atomic E-state index is -0.442. The van der Waals surface area contributed by atoms with E-state index in [1.807, 2.05) is 18.2 Å². The van der Waals surface area contributed by atoms with Gasteiger partial charge in [0.05, 0.1) is 12.6 Å². The fourth-order valence-electron chi connectivity index (χ4n) is 2.69. The first kappa shape index (κ1) is 21.4. The lowest BCUT2D eigenvalue weighted by Gasteiger charge is -2.08. The molecule has 0 bridgehead atoms. The Morgan fingerprint density at radius 1 is 1.10 bits per heavy atom. The molecular formula is C21H15Cl2N3O4S. The average Bonchev–Trinajstić information content (AvgIpc) is 3.25. The molecule has 0 fully saturated rings. The molecule has 31 heavy (non-hydrogen) atoms. The van der Waals surface area contributed by atoms with Crippen molar-refractivity contribution in [2.45, 2.75) is 11.8 Å². The first-order valence-corrected chi connectivity index (χ1v) is 10.8. The van der Waals surface area contributed by atoms with Gasteiger partial charge in [0, 0.05) is 27.6 Å². The summed E-state index contributed by atoms with van der Waals surface area (Å²) < 4.78 is 16.1. The van der Waals surface area contributed by atoms with Crippen molar-refractivity contribution in [2.75, 3.05) is 12.9 Å². The molecular weight excluding hydrogens is 461 g/mol. The van der Waals surface area contributed by atoms with Gasteiger partial charge in [-0.1, -0.05) is 35.0 Å². The van der Waals surface area contributed by atoms with Crippen LogP contribution >= 0.6 is 35.0 Å². The van der Waals surface area contributed by atoms with Crippen molar-refractivity contribution in [3.8, 4) is 17.2 Å². The van der Waals surface area contributed by atoms with Crippen molar-refractivity contribution in [3.63, 3.8) is 0 Å². The molecule has 4 rings (SSSR count). The fraction of sp³-hybridized carbons (Fsp3) is 0.143. The van der Waals surface area contributed by atoms with Gasteiger partial charge in [0.15, 0.2) is 0 Å². The van der Waals surface area contributed by atoms with E-state index >= 15 is 0 Å². The molecule has 0 radical (unpaired) electrons. The number of benzene rings is 2. The number of halogens is 2. The predicted molar refractivity (Wildman–Crippen MR) is 119 cm³/mol. The number of esters is 1. The quantitative estimate of drug-likeness (QED) is 0.198. The van der Waals surface area contributed by atoms with Crippen molar-refractivity contribution in [1.29, 1.82) is 0 Å². The van der Waals surface area contributed by atoms with Crippen LogP contribution in [0.3, 0.4) is 0 Å². The summed E-state index contributed by atoms with van der Waals surface area (Å²) >= 11 is 13.2. The van der Waals surface area contributed by atoms with Crippen molar-refractivity contribution in [2.24, 2.45) is 0 Å². The normalized spacial score (nSPS) is 10.9. The first-order chi connectivity index (χ1) is 15.0. The van der Waals surface area contributed by atoms with Gasteiger partial charge in [-0.25, -0.2) is 4.98 Å². The van der Waals surface area contributed by atoms with Crippen molar-refractivity contribution in [3.05, 3.63) is 64.3 Å². The number of hydrogen-bond donors (Lipinski definition) is 0. The van der Waals surface area contributed by atoms with Crippen LogP contribution in [0, 0.1) is 0 Å². The average molecular weight is 476 g/mol. The number of methoxy groups -OCH3 is 1. The second-order valence-electron chi connectivity index (χ2n) is 6.33. The minimum Gasteiger partial charge on any atom is -0.497 e. The largest absolute Gasteiger partial charge is 0.497 e. The highest BCUT2D eigenvalue weighted by atomic mass is 35.5. The molecule has 0 spiro atoms. The Morgan fingerprint density at radius 2 is 1.90 bits per heavy atom. The molecule has 0 unspecified atom stereocenters. The molecule has 0 saturated heterocycles. The van der Waals surface area contributed by atoms with Crippen LogP contribution in [0.4, 0.5) is 0 Å². The topological polar surface area (TPSA) is 87.3 Å². The van der Waals surface area contributed by atoms with Gasteiger partial charge < -0.3 is 13.9 Å². The highest BCUT2D eigenvalue weighted by Gasteiger charge is 2.13. The summed E-state index contributed by atoms with van der Waals surface area (Å²) in [6.45, 7) is 0.00700. The molecule has 10 heteroatoms. The number of fused-ring (bicyclic) bond motifs is 1. The Hall–Kier alpha value is -2.81. The third-order valence-electron chi connectivity index (χ3n) is 4.25. The second-order valence-corrected chi connectivity index (χ2v) is 8.05. The van der Waals surface area contributed by atoms with Gasteiger partial charge in [-0.15, -0.1) is 10.2 Å². The lowest BCUT2D eigenvalue weighted by atomic mass is 10.1. The number of rotatable bonds is 7. The highest BCUT2D eigenvalue weighted by Crippen LogP contribution is 2.26. The maximum Gasteiger partial charge on any atom is 0.316 e. The molecule has 0 saturated carbocycles. The van der Waals surface area contributed by atoms with E-state index in [-0.39, 0.29) is 22.7 Å². The molecule has 0 aliphatic rings. The van der Waals surface area contributed by atoms with Gasteiger partial charge in [-0.3, -0.25) is 4.79 Å². The maximum atomic E-state index is 12.1. The Bertz CT molecular complexity index is 1230. The summed E-state index contributed by atoms with van der Waals surface area (Å²) in [5, 5.41) is 9.92. The Labute approximate surface area is 191 Å². The number of nitrogens with zero attached hydrogens (tertiary/aromatic N) is 3. The number of aromatic nitrogens is 3. The van der Waals surface area contributed by atoms with E-state index in [0.29, 0.717) is 27.7 Å². The van der Waals surface area contributed by atoms with E-state index in [1.165, 1.54) is 0 Å². The van der Waals surface area contributed by atoms with Gasteiger partial charge in [0.25, 0.3) is 5.22 Å². The summed E-state index contributed by atoms with van der Waals surface area (Å²) in [5.41, 5.74) is 2.05. The predicted octanol–water partition coefficient (Wildman–Crippen LogP) is 5.44. The van der Waals surface area contributed by atoms with E-state index in [2.05, 4.69) is 15.2 Å². The van der Waals surface area contributed by atoms with Gasteiger partial charge in [0.2, 0.25) is 5.89 Å². The zero-order chi connectivity index (χ0) is 21.8. The number of thioether (sulfide) groups is 1. The second kappa shape index (κ2) is 9.55. The van der Waals surface area contributed by atoms with E-state index < -0.39 is 5.97 Å². The number of ether oxygens (including phenoxy) is 2. The number of pyridine rings is 1. The third kappa shape index (κ3) is 5.28. The molecule has 0 amide bonds. The zero-order valence-electron chi connectivity index (χ0n) is 16.2. The van der Waals surface area contributed by atoms with E-state index in [1.54, 1.807) is 37.4 Å². The first-order valence-electron chi connectivity index (χ1n) is 9.03. The van der Waals surface area contributed by atoms with E-state index in [4.69, 9.17) is 37.1 Å². The molecule has 0 atom stereocenters. The number of hydrogen-bond acceptors (Lipinski definition) is 8. The van der Waals surface area contributed by atoms with Crippen LogP contribution in [0.25, 0.3) is 22.4 Å². The van der Waals surface area contributed by atoms with Gasteiger partial charge in [0.1, 0.15) is 23.3 Å². The number of carbonyl (C=O) groups is 1. The van der Waals surface area contributed by atoms with Crippen LogP contribution < -0.4 is 4.74 Å². The summed E-state index contributed by atoms with van der Waals surface area (Å²) in [6, 6.07) is 14.3. The SMILES string of the molecule is COc1ccc2cc(COC(=O)CSc3nnc(-c4ccc(Cl)cc4)o3)c(Cl)nc2c1. The molecule has 7 nitrogen and oxygen atoms in total. The lowest BCUT2D eigenvalue weighted by Crippen LogP contribution is -2.08. The molecule has 2 aromatic heterocycles. The summed E-state index contributed by atoms with van der Waals surface area (Å²) in [4.78, 5) is 16.5. The molecule has 4 aromatic rings. The highest BCUT2D eigenvalue weighted by molar-refractivity contribution is 7.99. The standard InChI is InChI=1S/C21H15Cl2N3O4S/c1-28-16-7-4-13-8-14(19(23)24-17(13)9-16)10-29-18(27)11-31-21-26-25-20(30-21)12-2-5-15(22)6-3-12/h2-9H,10-11H2,1H3. The monoisotopic (exact) mass is 475 g/mol. The van der Waals surface area contributed by atoms with Crippen molar-refractivity contribution in [1.82, 2.24) is 15.2 Å². The Kier molecular flexibility index (Phi) is 6.60. The molecule has 0 aliphatic carbocycles. The van der Waals surface area contributed by atoms with Crippen molar-refractivity contribution >= 4 is 51.8 Å². The number of carbonyl (C=O) groups excluding carboxylic acids is 1. The molecule has 0 N–H and O–H groups in total. The maximum absolute atomic E-state index is 12.1. The Morgan fingerprint density at radius 3 is 2.68 bits per heavy atom. The van der Waals surface area contributed by atoms with Crippen molar-refractivity contribution < 1.29 is 18.7 Å². The summed E-state index contributed by atoms with van der Waals surface area (Å²) in [5.74, 6) is 0.603. The molecule has 158 valence electrons. The smallest absolute Gasteiger partial charge is 0.316 e. The fourth-order valence-corrected chi connectivity index (χ4v) is 3.58. The zero-order valence-corrected chi connectivity index (χ0v) is 18.5. The van der Waals surface area contributed by atoms with Gasteiger partial charge in [-0.05, 0) is 42.5 Å². The van der Waals surface area contributed by atoms with Crippen LogP contribution in [0.2, 0.25) is 10.2 Å². The molecule has 2 aromatic carbocycles. The third-order valence-corrected chi connectivity index (χ3v) is 5.62. The van der Waals surface area contributed by atoms with Gasteiger partial charge >= 0.3 is 5.97 Å². The molecule has 0 aliphatic heterocycles. The van der Waals surface area contributed by atoms with Crippen LogP contribution in [-0.2, 0) is 16.1 Å². The van der Waals surface area contributed by atoms with Crippen LogP contribution in [0.1, 0.15) is 5.56 Å². The Balaban J connectivity index is 1.33. The lowest BCUT2D eigenvalue weighted by molar-refractivity contribution is -0.141.